The molecule has 0 spiro atoms. The highest BCUT2D eigenvalue weighted by Gasteiger charge is 2.39. The van der Waals surface area contributed by atoms with Gasteiger partial charge in [-0.2, -0.15) is 0 Å². The van der Waals surface area contributed by atoms with Gasteiger partial charge in [-0.3, -0.25) is 14.6 Å². The molecule has 0 aromatic heterocycles. The van der Waals surface area contributed by atoms with E-state index in [0.29, 0.717) is 42.4 Å². The Morgan fingerprint density at radius 1 is 1.10 bits per heavy atom. The molecule has 2 aliphatic rings. The number of methoxy groups -OCH3 is 2. The standard InChI is InChI=1S/C29H35FN4O6/c1-6-40-28(36)25-23(32(3)29(37)31-26(25)21-15-19(38-4)11-12-24(21)39-5)17-33-13-14-34(18(2)16-33)27(35)20-9-7-8-10-22(20)30/h7-12,15,18,26H,6,13-14,16-17H2,1-5H3,(H,31,37)/t18-,26+/m1/s1. The summed E-state index contributed by atoms with van der Waals surface area (Å²) in [7, 11) is 4.65. The number of carbonyl (C=O) groups is 3. The molecule has 214 valence electrons. The van der Waals surface area contributed by atoms with E-state index in [9.17, 15) is 18.8 Å². The van der Waals surface area contributed by atoms with E-state index in [1.54, 1.807) is 49.2 Å². The van der Waals surface area contributed by atoms with Gasteiger partial charge in [-0.05, 0) is 44.2 Å². The highest BCUT2D eigenvalue weighted by Crippen LogP contribution is 2.38. The van der Waals surface area contributed by atoms with Gasteiger partial charge in [-0.1, -0.05) is 12.1 Å². The molecule has 2 heterocycles. The molecule has 11 heteroatoms. The minimum atomic E-state index is -0.843. The number of likely N-dealkylation sites (N-methyl/N-ethyl adjacent to an activating group) is 1. The van der Waals surface area contributed by atoms with Gasteiger partial charge in [0.2, 0.25) is 0 Å². The van der Waals surface area contributed by atoms with E-state index >= 15 is 0 Å². The summed E-state index contributed by atoms with van der Waals surface area (Å²) in [5.41, 5.74) is 1.36. The molecule has 1 fully saturated rings. The second-order valence-corrected chi connectivity index (χ2v) is 9.69. The summed E-state index contributed by atoms with van der Waals surface area (Å²) in [5, 5.41) is 2.91. The number of hydrogen-bond acceptors (Lipinski definition) is 7. The first kappa shape index (κ1) is 28.9. The SMILES string of the molecule is CCOC(=O)C1=C(CN2CCN(C(=O)c3ccccc3F)[C@H](C)C2)N(C)C(=O)N[C@H]1c1cc(OC)ccc1OC. The molecule has 2 aromatic carbocycles. The highest BCUT2D eigenvalue weighted by atomic mass is 19.1. The molecule has 0 radical (unpaired) electrons. The maximum Gasteiger partial charge on any atom is 0.338 e. The first-order valence-corrected chi connectivity index (χ1v) is 13.1. The quantitative estimate of drug-likeness (QED) is 0.500. The average Bonchev–Trinajstić information content (AvgIpc) is 2.95. The number of nitrogens with zero attached hydrogens (tertiary/aromatic N) is 3. The molecule has 0 saturated carbocycles. The molecular formula is C29H35FN4O6. The zero-order valence-corrected chi connectivity index (χ0v) is 23.4. The van der Waals surface area contributed by atoms with Crippen LogP contribution in [0.25, 0.3) is 0 Å². The molecule has 2 aliphatic heterocycles. The minimum Gasteiger partial charge on any atom is -0.497 e. The zero-order chi connectivity index (χ0) is 29.0. The summed E-state index contributed by atoms with van der Waals surface area (Å²) in [6.07, 6.45) is 0. The van der Waals surface area contributed by atoms with Crippen LogP contribution in [0.3, 0.4) is 0 Å². The Balaban J connectivity index is 1.66. The van der Waals surface area contributed by atoms with Crippen molar-refractivity contribution >= 4 is 17.9 Å². The Morgan fingerprint density at radius 3 is 2.50 bits per heavy atom. The Labute approximate surface area is 233 Å². The average molecular weight is 555 g/mol. The topological polar surface area (TPSA) is 101 Å². The van der Waals surface area contributed by atoms with Crippen LogP contribution in [0, 0.1) is 5.82 Å². The van der Waals surface area contributed by atoms with E-state index in [1.165, 1.54) is 31.3 Å². The lowest BCUT2D eigenvalue weighted by molar-refractivity contribution is -0.139. The number of halogens is 1. The minimum absolute atomic E-state index is 0.0360. The number of carbonyl (C=O) groups excluding carboxylic acids is 3. The van der Waals surface area contributed by atoms with Crippen molar-refractivity contribution in [3.63, 3.8) is 0 Å². The molecule has 2 atom stereocenters. The largest absolute Gasteiger partial charge is 0.497 e. The number of ether oxygens (including phenoxy) is 3. The Hall–Kier alpha value is -4.12. The second-order valence-electron chi connectivity index (χ2n) is 9.69. The first-order chi connectivity index (χ1) is 19.2. The number of nitrogens with one attached hydrogen (secondary N) is 1. The van der Waals surface area contributed by atoms with Crippen molar-refractivity contribution in [2.75, 3.05) is 54.1 Å². The van der Waals surface area contributed by atoms with Crippen LogP contribution in [-0.4, -0.2) is 92.7 Å². The molecule has 1 N–H and O–H groups in total. The predicted molar refractivity (Wildman–Crippen MR) is 146 cm³/mol. The number of urea groups is 1. The lowest BCUT2D eigenvalue weighted by atomic mass is 9.93. The number of rotatable bonds is 8. The fourth-order valence-electron chi connectivity index (χ4n) is 5.18. The van der Waals surface area contributed by atoms with Gasteiger partial charge in [0.25, 0.3) is 5.91 Å². The Morgan fingerprint density at radius 2 is 1.85 bits per heavy atom. The normalized spacial score (nSPS) is 19.8. The van der Waals surface area contributed by atoms with Crippen LogP contribution in [-0.2, 0) is 9.53 Å². The summed E-state index contributed by atoms with van der Waals surface area (Å²) < 4.78 is 30.7. The maximum atomic E-state index is 14.3. The Kier molecular flexibility index (Phi) is 8.93. The van der Waals surface area contributed by atoms with Crippen LogP contribution in [0.1, 0.15) is 35.8 Å². The third-order valence-corrected chi connectivity index (χ3v) is 7.27. The van der Waals surface area contributed by atoms with Crippen molar-refractivity contribution in [1.29, 1.82) is 0 Å². The molecule has 0 aliphatic carbocycles. The summed E-state index contributed by atoms with van der Waals surface area (Å²) in [6, 6.07) is 9.65. The molecule has 2 aromatic rings. The van der Waals surface area contributed by atoms with Crippen molar-refractivity contribution in [3.05, 3.63) is 70.7 Å². The summed E-state index contributed by atoms with van der Waals surface area (Å²) in [6.45, 7) is 5.31. The third-order valence-electron chi connectivity index (χ3n) is 7.27. The van der Waals surface area contributed by atoms with Gasteiger partial charge < -0.3 is 24.4 Å². The lowest BCUT2D eigenvalue weighted by Crippen LogP contribution is -2.56. The molecular weight excluding hydrogens is 519 g/mol. The lowest BCUT2D eigenvalue weighted by Gasteiger charge is -2.42. The van der Waals surface area contributed by atoms with Crippen LogP contribution in [0.15, 0.2) is 53.7 Å². The van der Waals surface area contributed by atoms with E-state index in [2.05, 4.69) is 10.2 Å². The van der Waals surface area contributed by atoms with Crippen molar-refractivity contribution < 1.29 is 33.0 Å². The van der Waals surface area contributed by atoms with Gasteiger partial charge in [0.05, 0.1) is 38.0 Å². The van der Waals surface area contributed by atoms with Gasteiger partial charge in [0, 0.05) is 50.5 Å². The van der Waals surface area contributed by atoms with Crippen LogP contribution in [0.5, 0.6) is 11.5 Å². The van der Waals surface area contributed by atoms with Gasteiger partial charge >= 0.3 is 12.0 Å². The van der Waals surface area contributed by atoms with Crippen LogP contribution >= 0.6 is 0 Å². The van der Waals surface area contributed by atoms with Crippen molar-refractivity contribution in [1.82, 2.24) is 20.0 Å². The molecule has 0 bridgehead atoms. The smallest absolute Gasteiger partial charge is 0.338 e. The first-order valence-electron chi connectivity index (χ1n) is 13.1. The van der Waals surface area contributed by atoms with Crippen LogP contribution in [0.4, 0.5) is 9.18 Å². The molecule has 40 heavy (non-hydrogen) atoms. The van der Waals surface area contributed by atoms with Gasteiger partial charge in [-0.15, -0.1) is 0 Å². The van der Waals surface area contributed by atoms with Crippen LogP contribution < -0.4 is 14.8 Å². The third kappa shape index (κ3) is 5.74. The van der Waals surface area contributed by atoms with Gasteiger partial charge in [-0.25, -0.2) is 14.0 Å². The number of benzene rings is 2. The highest BCUT2D eigenvalue weighted by molar-refractivity contribution is 5.96. The van der Waals surface area contributed by atoms with Gasteiger partial charge in [0.1, 0.15) is 17.3 Å². The summed E-state index contributed by atoms with van der Waals surface area (Å²) >= 11 is 0. The summed E-state index contributed by atoms with van der Waals surface area (Å²) in [4.78, 5) is 44.7. The van der Waals surface area contributed by atoms with E-state index in [-0.39, 0.29) is 42.3 Å². The molecule has 10 nitrogen and oxygen atoms in total. The fraction of sp³-hybridized carbons (Fsp3) is 0.414. The van der Waals surface area contributed by atoms with Crippen LogP contribution in [0.2, 0.25) is 0 Å². The van der Waals surface area contributed by atoms with Crippen molar-refractivity contribution in [3.8, 4) is 11.5 Å². The number of amides is 3. The summed E-state index contributed by atoms with van der Waals surface area (Å²) in [5.74, 6) is -0.458. The molecule has 0 unspecified atom stereocenters. The van der Waals surface area contributed by atoms with E-state index in [1.807, 2.05) is 6.92 Å². The van der Waals surface area contributed by atoms with E-state index in [4.69, 9.17) is 14.2 Å². The molecule has 3 amide bonds. The van der Waals surface area contributed by atoms with Crippen molar-refractivity contribution in [2.24, 2.45) is 0 Å². The predicted octanol–water partition coefficient (Wildman–Crippen LogP) is 3.20. The number of piperazine rings is 1. The van der Waals surface area contributed by atoms with E-state index < -0.39 is 17.8 Å². The number of hydrogen-bond donors (Lipinski definition) is 1. The molecule has 4 rings (SSSR count). The number of esters is 1. The van der Waals surface area contributed by atoms with E-state index in [0.717, 1.165) is 0 Å². The maximum absolute atomic E-state index is 14.3. The zero-order valence-electron chi connectivity index (χ0n) is 23.4. The monoisotopic (exact) mass is 554 g/mol. The van der Waals surface area contributed by atoms with Gasteiger partial charge in [0.15, 0.2) is 0 Å². The van der Waals surface area contributed by atoms with Crippen molar-refractivity contribution in [2.45, 2.75) is 25.9 Å². The molecule has 1 saturated heterocycles. The fourth-order valence-corrected chi connectivity index (χ4v) is 5.18. The second kappa shape index (κ2) is 12.4. The Bertz CT molecular complexity index is 1320.